The summed E-state index contributed by atoms with van der Waals surface area (Å²) in [6.45, 7) is 0.346. The molecule has 0 unspecified atom stereocenters. The monoisotopic (exact) mass is 447 g/mol. The van der Waals surface area contributed by atoms with Crippen LogP contribution in [0.1, 0.15) is 47.5 Å². The maximum Gasteiger partial charge on any atom is 0.265 e. The second kappa shape index (κ2) is 8.74. The van der Waals surface area contributed by atoms with Crippen LogP contribution in [-0.4, -0.2) is 28.6 Å². The minimum atomic E-state index is -0.172. The van der Waals surface area contributed by atoms with Crippen LogP contribution in [-0.2, 0) is 6.54 Å². The number of rotatable bonds is 5. The van der Waals surface area contributed by atoms with E-state index in [1.807, 2.05) is 42.5 Å². The summed E-state index contributed by atoms with van der Waals surface area (Å²) < 4.78 is 8.17. The largest absolute Gasteiger partial charge is 0.494 e. The molecule has 0 saturated heterocycles. The van der Waals surface area contributed by atoms with Gasteiger partial charge in [-0.3, -0.25) is 14.6 Å². The molecule has 164 valence electrons. The number of nitrogens with one attached hydrogen (secondary N) is 1. The number of benzene rings is 1. The lowest BCUT2D eigenvalue weighted by molar-refractivity contribution is 0.0929. The summed E-state index contributed by atoms with van der Waals surface area (Å²) in [5.41, 5.74) is 1.44. The number of amides is 1. The topological polar surface area (TPSA) is 73.2 Å². The molecule has 0 atom stereocenters. The first kappa shape index (κ1) is 20.7. The maximum absolute atomic E-state index is 13.7. The number of thiophene rings is 1. The average Bonchev–Trinajstić information content (AvgIpc) is 3.23. The first-order valence-electron chi connectivity index (χ1n) is 11.0. The number of carbonyl (C=O) groups is 1. The molecule has 1 aliphatic carbocycles. The zero-order valence-electron chi connectivity index (χ0n) is 18.0. The van der Waals surface area contributed by atoms with E-state index in [9.17, 15) is 9.59 Å². The standard InChI is InChI=1S/C25H25N3O3S/c1-31-21-20-22(32-23(21)24(29)27-16-9-3-2-4-10-16)18-12-5-6-13-19(18)28(25(20)30)15-17-11-7-8-14-26-17/h5-8,11-14,16H,2-4,9-10,15H2,1H3,(H,27,29). The van der Waals surface area contributed by atoms with Gasteiger partial charge in [0.2, 0.25) is 0 Å². The van der Waals surface area contributed by atoms with Crippen molar-refractivity contribution < 1.29 is 9.53 Å². The molecule has 1 N–H and O–H groups in total. The summed E-state index contributed by atoms with van der Waals surface area (Å²) in [7, 11) is 1.52. The quantitative estimate of drug-likeness (QED) is 0.480. The Balaban J connectivity index is 1.67. The van der Waals surface area contributed by atoms with Crippen LogP contribution in [0, 0.1) is 0 Å². The fourth-order valence-corrected chi connectivity index (χ4v) is 5.80. The van der Waals surface area contributed by atoms with E-state index in [1.54, 1.807) is 10.8 Å². The van der Waals surface area contributed by atoms with Gasteiger partial charge < -0.3 is 14.6 Å². The van der Waals surface area contributed by atoms with E-state index in [4.69, 9.17) is 4.74 Å². The lowest BCUT2D eigenvalue weighted by Gasteiger charge is -2.22. The number of methoxy groups -OCH3 is 1. The highest BCUT2D eigenvalue weighted by atomic mass is 32.1. The van der Waals surface area contributed by atoms with Crippen molar-refractivity contribution in [2.45, 2.75) is 44.7 Å². The summed E-state index contributed by atoms with van der Waals surface area (Å²) in [6.07, 6.45) is 7.21. The number of pyridine rings is 2. The van der Waals surface area contributed by atoms with Crippen LogP contribution < -0.4 is 15.6 Å². The third kappa shape index (κ3) is 3.66. The number of hydrogen-bond acceptors (Lipinski definition) is 5. The molecule has 3 heterocycles. The molecule has 7 heteroatoms. The third-order valence-electron chi connectivity index (χ3n) is 6.16. The summed E-state index contributed by atoms with van der Waals surface area (Å²) in [4.78, 5) is 31.7. The molecule has 6 nitrogen and oxygen atoms in total. The van der Waals surface area contributed by atoms with Crippen molar-refractivity contribution in [1.29, 1.82) is 0 Å². The first-order chi connectivity index (χ1) is 15.7. The van der Waals surface area contributed by atoms with Crippen LogP contribution in [0.25, 0.3) is 21.0 Å². The normalized spacial score (nSPS) is 14.7. The van der Waals surface area contributed by atoms with Crippen molar-refractivity contribution in [3.8, 4) is 5.75 Å². The van der Waals surface area contributed by atoms with Crippen LogP contribution in [0.2, 0.25) is 0 Å². The van der Waals surface area contributed by atoms with Gasteiger partial charge in [-0.05, 0) is 31.0 Å². The second-order valence-corrected chi connectivity index (χ2v) is 9.23. The highest BCUT2D eigenvalue weighted by molar-refractivity contribution is 7.22. The van der Waals surface area contributed by atoms with Gasteiger partial charge in [0.25, 0.3) is 11.5 Å². The van der Waals surface area contributed by atoms with Crippen LogP contribution >= 0.6 is 11.3 Å². The molecule has 1 aromatic carbocycles. The SMILES string of the molecule is COc1c(C(=O)NC2CCCCC2)sc2c1c(=O)n(Cc1ccccn1)c1ccccc21. The van der Waals surface area contributed by atoms with Crippen molar-refractivity contribution in [3.05, 3.63) is 69.6 Å². The molecule has 0 spiro atoms. The molecule has 3 aromatic heterocycles. The molecular formula is C25H25N3O3S. The minimum absolute atomic E-state index is 0.158. The van der Waals surface area contributed by atoms with Gasteiger partial charge in [0, 0.05) is 17.6 Å². The Morgan fingerprint density at radius 3 is 2.69 bits per heavy atom. The summed E-state index contributed by atoms with van der Waals surface area (Å²) in [5.74, 6) is 0.207. The van der Waals surface area contributed by atoms with Crippen molar-refractivity contribution in [2.24, 2.45) is 0 Å². The van der Waals surface area contributed by atoms with Crippen LogP contribution in [0.5, 0.6) is 5.75 Å². The predicted molar refractivity (Wildman–Crippen MR) is 128 cm³/mol. The summed E-state index contributed by atoms with van der Waals surface area (Å²) >= 11 is 1.34. The zero-order valence-corrected chi connectivity index (χ0v) is 18.8. The first-order valence-corrected chi connectivity index (χ1v) is 11.8. The van der Waals surface area contributed by atoms with Gasteiger partial charge in [-0.1, -0.05) is 43.5 Å². The Bertz CT molecular complexity index is 1340. The van der Waals surface area contributed by atoms with E-state index in [0.717, 1.165) is 47.0 Å². The molecule has 1 amide bonds. The second-order valence-electron chi connectivity index (χ2n) is 8.21. The Hall–Kier alpha value is -3.19. The van der Waals surface area contributed by atoms with Crippen molar-refractivity contribution in [3.63, 3.8) is 0 Å². The number of carbonyl (C=O) groups excluding carboxylic acids is 1. The molecule has 1 saturated carbocycles. The molecule has 0 bridgehead atoms. The molecule has 32 heavy (non-hydrogen) atoms. The number of nitrogens with zero attached hydrogens (tertiary/aromatic N) is 2. The average molecular weight is 448 g/mol. The molecule has 0 aliphatic heterocycles. The van der Waals surface area contributed by atoms with E-state index in [2.05, 4.69) is 10.3 Å². The Labute approximate surface area is 189 Å². The molecule has 1 fully saturated rings. The summed E-state index contributed by atoms with van der Waals surface area (Å²) in [6, 6.07) is 13.6. The van der Waals surface area contributed by atoms with Gasteiger partial charge in [0.15, 0.2) is 5.75 Å². The van der Waals surface area contributed by atoms with Gasteiger partial charge in [0.05, 0.1) is 29.6 Å². The van der Waals surface area contributed by atoms with E-state index in [0.29, 0.717) is 22.6 Å². The number of fused-ring (bicyclic) bond motifs is 3. The van der Waals surface area contributed by atoms with Crippen molar-refractivity contribution in [1.82, 2.24) is 14.9 Å². The fraction of sp³-hybridized carbons (Fsp3) is 0.320. The van der Waals surface area contributed by atoms with E-state index < -0.39 is 0 Å². The Morgan fingerprint density at radius 2 is 1.94 bits per heavy atom. The minimum Gasteiger partial charge on any atom is -0.494 e. The number of ether oxygens (including phenoxy) is 1. The van der Waals surface area contributed by atoms with E-state index >= 15 is 0 Å². The molecule has 4 aromatic rings. The number of aromatic nitrogens is 2. The molecule has 1 aliphatic rings. The number of para-hydroxylation sites is 1. The maximum atomic E-state index is 13.7. The summed E-state index contributed by atoms with van der Waals surface area (Å²) in [5, 5.41) is 4.55. The van der Waals surface area contributed by atoms with E-state index in [1.165, 1.54) is 24.9 Å². The van der Waals surface area contributed by atoms with Crippen molar-refractivity contribution in [2.75, 3.05) is 7.11 Å². The zero-order chi connectivity index (χ0) is 22.1. The van der Waals surface area contributed by atoms with Crippen LogP contribution in [0.3, 0.4) is 0 Å². The van der Waals surface area contributed by atoms with Gasteiger partial charge in [-0.15, -0.1) is 11.3 Å². The van der Waals surface area contributed by atoms with Crippen molar-refractivity contribution >= 4 is 38.2 Å². The highest BCUT2D eigenvalue weighted by Gasteiger charge is 2.26. The predicted octanol–water partition coefficient (Wildman–Crippen LogP) is 4.73. The highest BCUT2D eigenvalue weighted by Crippen LogP contribution is 2.39. The fourth-order valence-electron chi connectivity index (χ4n) is 4.60. The lowest BCUT2D eigenvalue weighted by atomic mass is 9.95. The van der Waals surface area contributed by atoms with Gasteiger partial charge in [0.1, 0.15) is 10.3 Å². The van der Waals surface area contributed by atoms with Crippen LogP contribution in [0.4, 0.5) is 0 Å². The van der Waals surface area contributed by atoms with E-state index in [-0.39, 0.29) is 17.5 Å². The van der Waals surface area contributed by atoms with Gasteiger partial charge in [-0.2, -0.15) is 0 Å². The smallest absolute Gasteiger partial charge is 0.265 e. The molecule has 5 rings (SSSR count). The molecule has 0 radical (unpaired) electrons. The molecular weight excluding hydrogens is 422 g/mol. The number of hydrogen-bond donors (Lipinski definition) is 1. The van der Waals surface area contributed by atoms with Gasteiger partial charge in [-0.25, -0.2) is 0 Å². The Kier molecular flexibility index (Phi) is 5.66. The van der Waals surface area contributed by atoms with Crippen LogP contribution in [0.15, 0.2) is 53.5 Å². The Morgan fingerprint density at radius 1 is 1.16 bits per heavy atom. The third-order valence-corrected chi connectivity index (χ3v) is 7.36. The van der Waals surface area contributed by atoms with Gasteiger partial charge >= 0.3 is 0 Å². The lowest BCUT2D eigenvalue weighted by Crippen LogP contribution is -2.35.